The van der Waals surface area contributed by atoms with Crippen LogP contribution in [0.1, 0.15) is 28.4 Å². The molecule has 0 bridgehead atoms. The van der Waals surface area contributed by atoms with Crippen LogP contribution in [0.25, 0.3) is 5.69 Å². The van der Waals surface area contributed by atoms with Crippen LogP contribution in [-0.2, 0) is 0 Å². The van der Waals surface area contributed by atoms with Crippen LogP contribution in [-0.4, -0.2) is 32.6 Å². The van der Waals surface area contributed by atoms with Crippen molar-refractivity contribution in [3.05, 3.63) is 78.1 Å². The molecule has 1 atom stereocenters. The first-order valence-electron chi connectivity index (χ1n) is 7.72. The summed E-state index contributed by atoms with van der Waals surface area (Å²) in [5.41, 5.74) is 2.02. The van der Waals surface area contributed by atoms with Gasteiger partial charge in [0.05, 0.1) is 29.7 Å². The van der Waals surface area contributed by atoms with Gasteiger partial charge in [0.15, 0.2) is 0 Å². The minimum Gasteiger partial charge on any atom is -0.388 e. The van der Waals surface area contributed by atoms with Gasteiger partial charge in [-0.25, -0.2) is 4.68 Å². The maximum Gasteiger partial charge on any atom is 0.253 e. The highest BCUT2D eigenvalue weighted by molar-refractivity contribution is 5.97. The van der Waals surface area contributed by atoms with Gasteiger partial charge in [-0.1, -0.05) is 47.7 Å². The molecule has 1 heterocycles. The van der Waals surface area contributed by atoms with Gasteiger partial charge < -0.3 is 10.4 Å². The van der Waals surface area contributed by atoms with Gasteiger partial charge >= 0.3 is 0 Å². The van der Waals surface area contributed by atoms with Crippen molar-refractivity contribution in [3.63, 3.8) is 0 Å². The summed E-state index contributed by atoms with van der Waals surface area (Å²) in [6, 6.07) is 16.6. The standard InChI is InChI=1S/C18H18N4O2/c23-17(14-6-2-1-3-7-14)10-11-19-18(24)15-8-4-5-9-16(15)22-13-12-20-21-22/h1-9,12-13,17,23H,10-11H2,(H,19,24). The number of aliphatic hydroxyl groups excluding tert-OH is 1. The Kier molecular flexibility index (Phi) is 4.98. The van der Waals surface area contributed by atoms with E-state index in [-0.39, 0.29) is 5.91 Å². The molecule has 0 aliphatic carbocycles. The first-order valence-corrected chi connectivity index (χ1v) is 7.72. The summed E-state index contributed by atoms with van der Waals surface area (Å²) < 4.78 is 1.55. The number of carbonyl (C=O) groups excluding carboxylic acids is 1. The lowest BCUT2D eigenvalue weighted by atomic mass is 10.1. The summed E-state index contributed by atoms with van der Waals surface area (Å²) in [5, 5.41) is 20.7. The second-order valence-corrected chi connectivity index (χ2v) is 5.34. The summed E-state index contributed by atoms with van der Waals surface area (Å²) in [6.45, 7) is 0.376. The number of nitrogens with one attached hydrogen (secondary N) is 1. The number of para-hydroxylation sites is 1. The molecule has 0 spiro atoms. The van der Waals surface area contributed by atoms with Gasteiger partial charge in [-0.05, 0) is 24.1 Å². The molecule has 0 saturated carbocycles. The van der Waals surface area contributed by atoms with E-state index < -0.39 is 6.10 Å². The van der Waals surface area contributed by atoms with Gasteiger partial charge in [-0.15, -0.1) is 5.10 Å². The van der Waals surface area contributed by atoms with E-state index >= 15 is 0 Å². The van der Waals surface area contributed by atoms with Gasteiger partial charge in [-0.2, -0.15) is 0 Å². The highest BCUT2D eigenvalue weighted by atomic mass is 16.3. The third-order valence-corrected chi connectivity index (χ3v) is 3.71. The smallest absolute Gasteiger partial charge is 0.253 e. The van der Waals surface area contributed by atoms with Crippen molar-refractivity contribution in [2.45, 2.75) is 12.5 Å². The normalized spacial score (nSPS) is 11.9. The summed E-state index contributed by atoms with van der Waals surface area (Å²) in [6.07, 6.45) is 3.09. The lowest BCUT2D eigenvalue weighted by Crippen LogP contribution is -2.26. The number of carbonyl (C=O) groups is 1. The molecule has 1 unspecified atom stereocenters. The molecule has 0 aliphatic heterocycles. The quantitative estimate of drug-likeness (QED) is 0.728. The number of benzene rings is 2. The van der Waals surface area contributed by atoms with Crippen LogP contribution in [0.5, 0.6) is 0 Å². The average molecular weight is 322 g/mol. The molecule has 0 fully saturated rings. The van der Waals surface area contributed by atoms with Crippen LogP contribution in [0, 0.1) is 0 Å². The van der Waals surface area contributed by atoms with Crippen LogP contribution in [0.15, 0.2) is 67.0 Å². The molecule has 2 aromatic carbocycles. The molecular weight excluding hydrogens is 304 g/mol. The van der Waals surface area contributed by atoms with Crippen LogP contribution in [0.3, 0.4) is 0 Å². The number of aliphatic hydroxyl groups is 1. The Morgan fingerprint density at radius 1 is 1.12 bits per heavy atom. The van der Waals surface area contributed by atoms with Gasteiger partial charge in [-0.3, -0.25) is 4.79 Å². The Morgan fingerprint density at radius 3 is 2.62 bits per heavy atom. The van der Waals surface area contributed by atoms with Crippen LogP contribution in [0.4, 0.5) is 0 Å². The Bertz CT molecular complexity index is 788. The first kappa shape index (κ1) is 15.9. The zero-order chi connectivity index (χ0) is 16.8. The molecular formula is C18H18N4O2. The number of hydrogen-bond acceptors (Lipinski definition) is 4. The average Bonchev–Trinajstić information content (AvgIpc) is 3.17. The minimum absolute atomic E-state index is 0.207. The Labute approximate surface area is 139 Å². The second kappa shape index (κ2) is 7.52. The van der Waals surface area contributed by atoms with Crippen molar-refractivity contribution in [1.29, 1.82) is 0 Å². The van der Waals surface area contributed by atoms with E-state index in [1.54, 1.807) is 29.2 Å². The number of nitrogens with zero attached hydrogens (tertiary/aromatic N) is 3. The van der Waals surface area contributed by atoms with Crippen molar-refractivity contribution in [3.8, 4) is 5.69 Å². The summed E-state index contributed by atoms with van der Waals surface area (Å²) in [7, 11) is 0. The van der Waals surface area contributed by atoms with E-state index in [0.717, 1.165) is 5.56 Å². The zero-order valence-electron chi connectivity index (χ0n) is 13.0. The predicted octanol–water partition coefficient (Wildman–Crippen LogP) is 2.12. The lowest BCUT2D eigenvalue weighted by Gasteiger charge is -2.13. The van der Waals surface area contributed by atoms with E-state index in [2.05, 4.69) is 15.6 Å². The maximum absolute atomic E-state index is 12.4. The molecule has 0 saturated heterocycles. The maximum atomic E-state index is 12.4. The number of rotatable bonds is 6. The molecule has 3 aromatic rings. The molecule has 2 N–H and O–H groups in total. The fourth-order valence-corrected chi connectivity index (χ4v) is 2.46. The first-order chi connectivity index (χ1) is 11.8. The molecule has 0 aliphatic rings. The second-order valence-electron chi connectivity index (χ2n) is 5.34. The fourth-order valence-electron chi connectivity index (χ4n) is 2.46. The SMILES string of the molecule is O=C(NCCC(O)c1ccccc1)c1ccccc1-n1ccnn1. The number of amides is 1. The molecule has 0 radical (unpaired) electrons. The highest BCUT2D eigenvalue weighted by Gasteiger charge is 2.13. The largest absolute Gasteiger partial charge is 0.388 e. The topological polar surface area (TPSA) is 80.0 Å². The van der Waals surface area contributed by atoms with Gasteiger partial charge in [0.1, 0.15) is 0 Å². The summed E-state index contributed by atoms with van der Waals surface area (Å²) in [4.78, 5) is 12.4. The third kappa shape index (κ3) is 3.67. The Balaban J connectivity index is 1.62. The van der Waals surface area contributed by atoms with E-state index in [0.29, 0.717) is 24.2 Å². The number of hydrogen-bond donors (Lipinski definition) is 2. The summed E-state index contributed by atoms with van der Waals surface area (Å²) in [5.74, 6) is -0.207. The van der Waals surface area contributed by atoms with Crippen molar-refractivity contribution < 1.29 is 9.90 Å². The molecule has 122 valence electrons. The summed E-state index contributed by atoms with van der Waals surface area (Å²) >= 11 is 0. The van der Waals surface area contributed by atoms with Crippen molar-refractivity contribution >= 4 is 5.91 Å². The van der Waals surface area contributed by atoms with E-state index in [1.165, 1.54) is 0 Å². The lowest BCUT2D eigenvalue weighted by molar-refractivity contribution is 0.0942. The van der Waals surface area contributed by atoms with E-state index in [9.17, 15) is 9.90 Å². The van der Waals surface area contributed by atoms with Crippen LogP contribution < -0.4 is 5.32 Å². The fraction of sp³-hybridized carbons (Fsp3) is 0.167. The zero-order valence-corrected chi connectivity index (χ0v) is 13.0. The Morgan fingerprint density at radius 2 is 1.88 bits per heavy atom. The molecule has 6 heteroatoms. The van der Waals surface area contributed by atoms with E-state index in [1.807, 2.05) is 42.5 Å². The Hall–Kier alpha value is -2.99. The molecule has 24 heavy (non-hydrogen) atoms. The predicted molar refractivity (Wildman–Crippen MR) is 89.7 cm³/mol. The molecule has 6 nitrogen and oxygen atoms in total. The third-order valence-electron chi connectivity index (χ3n) is 3.71. The van der Waals surface area contributed by atoms with Crippen LogP contribution >= 0.6 is 0 Å². The van der Waals surface area contributed by atoms with Gasteiger partial charge in [0.25, 0.3) is 5.91 Å². The monoisotopic (exact) mass is 322 g/mol. The van der Waals surface area contributed by atoms with Crippen molar-refractivity contribution in [1.82, 2.24) is 20.3 Å². The number of aromatic nitrogens is 3. The molecule has 3 rings (SSSR count). The van der Waals surface area contributed by atoms with Gasteiger partial charge in [0, 0.05) is 6.54 Å². The molecule has 1 aromatic heterocycles. The highest BCUT2D eigenvalue weighted by Crippen LogP contribution is 2.16. The van der Waals surface area contributed by atoms with Crippen LogP contribution in [0.2, 0.25) is 0 Å². The minimum atomic E-state index is -0.600. The molecule has 1 amide bonds. The van der Waals surface area contributed by atoms with Crippen molar-refractivity contribution in [2.24, 2.45) is 0 Å². The van der Waals surface area contributed by atoms with Crippen molar-refractivity contribution in [2.75, 3.05) is 6.54 Å². The van der Waals surface area contributed by atoms with E-state index in [4.69, 9.17) is 0 Å². The van der Waals surface area contributed by atoms with Gasteiger partial charge in [0.2, 0.25) is 0 Å².